The number of benzene rings is 2. The number of carboxylic acids is 1. The SMILES string of the molecule is Cc1ccc(C)c(-n2ncc(-c3cc(C(=O)O)c4cccc(Br)c4n3)c2C)c1. The van der Waals surface area contributed by atoms with Crippen molar-refractivity contribution in [2.75, 3.05) is 0 Å². The molecule has 0 atom stereocenters. The second-order valence-electron chi connectivity index (χ2n) is 6.84. The number of carbonyl (C=O) groups is 1. The molecule has 28 heavy (non-hydrogen) atoms. The first-order valence-electron chi connectivity index (χ1n) is 8.82. The number of aromatic nitrogens is 3. The Morgan fingerprint density at radius 3 is 2.64 bits per heavy atom. The number of rotatable bonds is 3. The van der Waals surface area contributed by atoms with E-state index in [2.05, 4.69) is 39.2 Å². The highest BCUT2D eigenvalue weighted by Crippen LogP contribution is 2.31. The maximum atomic E-state index is 11.8. The van der Waals surface area contributed by atoms with Gasteiger partial charge in [0.15, 0.2) is 0 Å². The molecule has 0 amide bonds. The third-order valence-electron chi connectivity index (χ3n) is 4.90. The topological polar surface area (TPSA) is 68.0 Å². The molecule has 0 saturated carbocycles. The van der Waals surface area contributed by atoms with Gasteiger partial charge in [0, 0.05) is 15.4 Å². The molecule has 0 aliphatic heterocycles. The first-order chi connectivity index (χ1) is 13.4. The third kappa shape index (κ3) is 2.99. The van der Waals surface area contributed by atoms with Crippen LogP contribution in [0.5, 0.6) is 0 Å². The molecule has 0 radical (unpaired) electrons. The van der Waals surface area contributed by atoms with Crippen molar-refractivity contribution in [3.05, 3.63) is 75.5 Å². The molecule has 0 unspecified atom stereocenters. The zero-order chi connectivity index (χ0) is 20.0. The molecule has 0 spiro atoms. The highest BCUT2D eigenvalue weighted by Gasteiger charge is 2.18. The van der Waals surface area contributed by atoms with E-state index >= 15 is 0 Å². The standard InChI is InChI=1S/C22H18BrN3O2/c1-12-7-8-13(2)20(9-12)26-14(3)17(11-24-26)19-10-16(22(27)28)15-5-4-6-18(23)21(15)25-19/h4-11H,1-3H3,(H,27,28). The van der Waals surface area contributed by atoms with E-state index in [1.54, 1.807) is 18.3 Å². The summed E-state index contributed by atoms with van der Waals surface area (Å²) in [5.41, 5.74) is 6.42. The summed E-state index contributed by atoms with van der Waals surface area (Å²) < 4.78 is 2.64. The van der Waals surface area contributed by atoms with Gasteiger partial charge in [0.25, 0.3) is 0 Å². The van der Waals surface area contributed by atoms with Crippen molar-refractivity contribution in [2.24, 2.45) is 0 Å². The van der Waals surface area contributed by atoms with Gasteiger partial charge in [-0.15, -0.1) is 0 Å². The summed E-state index contributed by atoms with van der Waals surface area (Å²) in [7, 11) is 0. The largest absolute Gasteiger partial charge is 0.478 e. The Kier molecular flexibility index (Phi) is 4.51. The molecule has 6 heteroatoms. The molecule has 2 heterocycles. The van der Waals surface area contributed by atoms with Crippen LogP contribution in [0, 0.1) is 20.8 Å². The fourth-order valence-corrected chi connectivity index (χ4v) is 3.83. The van der Waals surface area contributed by atoms with Crippen LogP contribution in [-0.4, -0.2) is 25.8 Å². The van der Waals surface area contributed by atoms with Crippen LogP contribution in [0.4, 0.5) is 0 Å². The third-order valence-corrected chi connectivity index (χ3v) is 5.54. The lowest BCUT2D eigenvalue weighted by atomic mass is 10.0. The number of carboxylic acid groups (broad SMARTS) is 1. The van der Waals surface area contributed by atoms with Crippen molar-refractivity contribution in [1.82, 2.24) is 14.8 Å². The molecule has 4 aromatic rings. The van der Waals surface area contributed by atoms with Crippen LogP contribution < -0.4 is 0 Å². The number of nitrogens with zero attached hydrogens (tertiary/aromatic N) is 3. The van der Waals surface area contributed by atoms with Crippen LogP contribution in [0.3, 0.4) is 0 Å². The molecule has 0 aliphatic carbocycles. The van der Waals surface area contributed by atoms with Crippen LogP contribution in [0.2, 0.25) is 0 Å². The number of halogens is 1. The summed E-state index contributed by atoms with van der Waals surface area (Å²) >= 11 is 3.49. The number of hydrogen-bond donors (Lipinski definition) is 1. The molecule has 0 saturated heterocycles. The average molecular weight is 436 g/mol. The van der Waals surface area contributed by atoms with Gasteiger partial charge in [-0.05, 0) is 66.0 Å². The van der Waals surface area contributed by atoms with E-state index in [4.69, 9.17) is 4.98 Å². The quantitative estimate of drug-likeness (QED) is 0.462. The first-order valence-corrected chi connectivity index (χ1v) is 9.61. The minimum absolute atomic E-state index is 0.222. The Bertz CT molecular complexity index is 1240. The van der Waals surface area contributed by atoms with Crippen molar-refractivity contribution < 1.29 is 9.90 Å². The molecular weight excluding hydrogens is 418 g/mol. The van der Waals surface area contributed by atoms with E-state index in [0.717, 1.165) is 32.5 Å². The maximum absolute atomic E-state index is 11.8. The van der Waals surface area contributed by atoms with Gasteiger partial charge in [-0.3, -0.25) is 0 Å². The van der Waals surface area contributed by atoms with Crippen molar-refractivity contribution in [1.29, 1.82) is 0 Å². The molecule has 0 aliphatic rings. The van der Waals surface area contributed by atoms with Gasteiger partial charge >= 0.3 is 5.97 Å². The zero-order valence-electron chi connectivity index (χ0n) is 15.7. The normalized spacial score (nSPS) is 11.1. The van der Waals surface area contributed by atoms with Crippen molar-refractivity contribution >= 4 is 32.8 Å². The molecule has 2 aromatic heterocycles. The van der Waals surface area contributed by atoms with Crippen molar-refractivity contribution in [3.8, 4) is 16.9 Å². The number of para-hydroxylation sites is 1. The molecule has 5 nitrogen and oxygen atoms in total. The van der Waals surface area contributed by atoms with Crippen LogP contribution in [-0.2, 0) is 0 Å². The predicted octanol–water partition coefficient (Wildman–Crippen LogP) is 5.47. The van der Waals surface area contributed by atoms with Crippen LogP contribution in [0.15, 0.2) is 53.1 Å². The summed E-state index contributed by atoms with van der Waals surface area (Å²) in [6, 6.07) is 13.3. The van der Waals surface area contributed by atoms with Crippen molar-refractivity contribution in [2.45, 2.75) is 20.8 Å². The van der Waals surface area contributed by atoms with Gasteiger partial charge in [-0.2, -0.15) is 5.10 Å². The Morgan fingerprint density at radius 2 is 1.89 bits per heavy atom. The fourth-order valence-electron chi connectivity index (χ4n) is 3.38. The number of fused-ring (bicyclic) bond motifs is 1. The first kappa shape index (κ1) is 18.4. The summed E-state index contributed by atoms with van der Waals surface area (Å²) in [5, 5.41) is 14.9. The van der Waals surface area contributed by atoms with Gasteiger partial charge in [0.1, 0.15) is 0 Å². The van der Waals surface area contributed by atoms with E-state index < -0.39 is 5.97 Å². The molecule has 1 N–H and O–H groups in total. The minimum atomic E-state index is -0.980. The van der Waals surface area contributed by atoms with E-state index in [1.807, 2.05) is 37.6 Å². The molecule has 4 rings (SSSR count). The Labute approximate surface area is 170 Å². The monoisotopic (exact) mass is 435 g/mol. The van der Waals surface area contributed by atoms with Crippen LogP contribution in [0.1, 0.15) is 27.2 Å². The fraction of sp³-hybridized carbons (Fsp3) is 0.136. The lowest BCUT2D eigenvalue weighted by Crippen LogP contribution is -2.03. The smallest absolute Gasteiger partial charge is 0.336 e. The van der Waals surface area contributed by atoms with E-state index in [9.17, 15) is 9.90 Å². The van der Waals surface area contributed by atoms with Crippen molar-refractivity contribution in [3.63, 3.8) is 0 Å². The van der Waals surface area contributed by atoms with Gasteiger partial charge in [-0.1, -0.05) is 24.3 Å². The highest BCUT2D eigenvalue weighted by molar-refractivity contribution is 9.10. The van der Waals surface area contributed by atoms with E-state index in [-0.39, 0.29) is 5.56 Å². The Morgan fingerprint density at radius 1 is 1.11 bits per heavy atom. The maximum Gasteiger partial charge on any atom is 0.336 e. The van der Waals surface area contributed by atoms with E-state index in [1.165, 1.54) is 0 Å². The van der Waals surface area contributed by atoms with Crippen LogP contribution in [0.25, 0.3) is 27.8 Å². The number of hydrogen-bond acceptors (Lipinski definition) is 3. The van der Waals surface area contributed by atoms with Crippen LogP contribution >= 0.6 is 15.9 Å². The highest BCUT2D eigenvalue weighted by atomic mass is 79.9. The number of pyridine rings is 1. The van der Waals surface area contributed by atoms with Gasteiger partial charge in [0.2, 0.25) is 0 Å². The van der Waals surface area contributed by atoms with Gasteiger partial charge in [-0.25, -0.2) is 14.5 Å². The molecular formula is C22H18BrN3O2. The molecule has 2 aromatic carbocycles. The minimum Gasteiger partial charge on any atom is -0.478 e. The predicted molar refractivity (Wildman–Crippen MR) is 113 cm³/mol. The number of aryl methyl sites for hydroxylation is 2. The molecule has 0 fully saturated rings. The lowest BCUT2D eigenvalue weighted by Gasteiger charge is -2.11. The second kappa shape index (κ2) is 6.87. The summed E-state index contributed by atoms with van der Waals surface area (Å²) in [5.74, 6) is -0.980. The second-order valence-corrected chi connectivity index (χ2v) is 7.70. The lowest BCUT2D eigenvalue weighted by molar-refractivity contribution is 0.0699. The zero-order valence-corrected chi connectivity index (χ0v) is 17.3. The Hall–Kier alpha value is -2.99. The summed E-state index contributed by atoms with van der Waals surface area (Å²) in [6.07, 6.45) is 1.74. The van der Waals surface area contributed by atoms with Gasteiger partial charge in [0.05, 0.1) is 34.4 Å². The summed E-state index contributed by atoms with van der Waals surface area (Å²) in [6.45, 7) is 6.06. The molecule has 0 bridgehead atoms. The number of aromatic carboxylic acids is 1. The average Bonchev–Trinajstić information content (AvgIpc) is 3.04. The Balaban J connectivity index is 1.95. The van der Waals surface area contributed by atoms with E-state index in [0.29, 0.717) is 16.6 Å². The van der Waals surface area contributed by atoms with Gasteiger partial charge < -0.3 is 5.11 Å². The molecule has 140 valence electrons. The summed E-state index contributed by atoms with van der Waals surface area (Å²) in [4.78, 5) is 16.6.